The van der Waals surface area contributed by atoms with E-state index in [9.17, 15) is 5.11 Å². The predicted molar refractivity (Wildman–Crippen MR) is 46.7 cm³/mol. The number of fused-ring (bicyclic) bond motifs is 1. The number of aromatic amines is 1. The van der Waals surface area contributed by atoms with Gasteiger partial charge in [0, 0.05) is 17.1 Å². The van der Waals surface area contributed by atoms with Crippen LogP contribution < -0.4 is 0 Å². The largest absolute Gasteiger partial charge is 0.506 e. The zero-order valence-electron chi connectivity index (χ0n) is 5.33. The third-order valence-corrected chi connectivity index (χ3v) is 1.57. The minimum Gasteiger partial charge on any atom is -0.506 e. The van der Waals surface area contributed by atoms with Crippen molar-refractivity contribution in [2.75, 3.05) is 0 Å². The monoisotopic (exact) mass is 149 g/mol. The highest BCUT2D eigenvalue weighted by molar-refractivity contribution is 5.85. The topological polar surface area (TPSA) is 36.0 Å². The van der Waals surface area contributed by atoms with Crippen molar-refractivity contribution in [2.45, 2.75) is 7.43 Å². The number of para-hydroxylation sites is 1. The Morgan fingerprint density at radius 1 is 1.18 bits per heavy atom. The maximum Gasteiger partial charge on any atom is 0.140 e. The molecule has 0 radical (unpaired) electrons. The molecule has 11 heavy (non-hydrogen) atoms. The van der Waals surface area contributed by atoms with Crippen LogP contribution in [0.5, 0.6) is 5.75 Å². The first-order valence-electron chi connectivity index (χ1n) is 3.13. The SMILES string of the molecule is C.Oc1c[nH]c2ccccc12. The molecule has 0 saturated carbocycles. The van der Waals surface area contributed by atoms with Gasteiger partial charge in [-0.25, -0.2) is 0 Å². The number of hydrogen-bond acceptors (Lipinski definition) is 1. The van der Waals surface area contributed by atoms with E-state index in [0.717, 1.165) is 10.9 Å². The minimum atomic E-state index is 0. The molecule has 1 heterocycles. The minimum absolute atomic E-state index is 0. The van der Waals surface area contributed by atoms with Crippen molar-refractivity contribution in [1.82, 2.24) is 4.98 Å². The van der Waals surface area contributed by atoms with Crippen molar-refractivity contribution in [3.05, 3.63) is 30.5 Å². The van der Waals surface area contributed by atoms with Gasteiger partial charge in [-0.15, -0.1) is 0 Å². The van der Waals surface area contributed by atoms with Crippen LogP contribution in [0.25, 0.3) is 10.9 Å². The lowest BCUT2D eigenvalue weighted by molar-refractivity contribution is 0.481. The number of hydrogen-bond donors (Lipinski definition) is 2. The van der Waals surface area contributed by atoms with Gasteiger partial charge in [0.25, 0.3) is 0 Å². The molecule has 2 heteroatoms. The molecular formula is C9H11NO. The van der Waals surface area contributed by atoms with Crippen molar-refractivity contribution in [3.8, 4) is 5.75 Å². The lowest BCUT2D eigenvalue weighted by Gasteiger charge is -1.86. The molecule has 0 bridgehead atoms. The zero-order valence-corrected chi connectivity index (χ0v) is 5.33. The molecule has 2 rings (SSSR count). The molecule has 2 aromatic rings. The second kappa shape index (κ2) is 2.66. The summed E-state index contributed by atoms with van der Waals surface area (Å²) in [5.74, 6) is 0.315. The highest BCUT2D eigenvalue weighted by atomic mass is 16.3. The molecule has 0 aliphatic heterocycles. The first-order chi connectivity index (χ1) is 4.88. The van der Waals surface area contributed by atoms with Crippen LogP contribution in [0.2, 0.25) is 0 Å². The van der Waals surface area contributed by atoms with Gasteiger partial charge < -0.3 is 10.1 Å². The van der Waals surface area contributed by atoms with Gasteiger partial charge in [0.05, 0.1) is 0 Å². The predicted octanol–water partition coefficient (Wildman–Crippen LogP) is 2.51. The summed E-state index contributed by atoms with van der Waals surface area (Å²) in [6.45, 7) is 0. The lowest BCUT2D eigenvalue weighted by atomic mass is 10.2. The second-order valence-corrected chi connectivity index (χ2v) is 2.22. The Bertz CT molecular complexity index is 351. The van der Waals surface area contributed by atoms with E-state index in [1.165, 1.54) is 0 Å². The lowest BCUT2D eigenvalue weighted by Crippen LogP contribution is -1.62. The Hall–Kier alpha value is -1.44. The van der Waals surface area contributed by atoms with Crippen molar-refractivity contribution >= 4 is 10.9 Å². The summed E-state index contributed by atoms with van der Waals surface area (Å²) in [4.78, 5) is 2.94. The van der Waals surface area contributed by atoms with Crippen LogP contribution in [0, 0.1) is 0 Å². The van der Waals surface area contributed by atoms with E-state index < -0.39 is 0 Å². The van der Waals surface area contributed by atoms with Gasteiger partial charge in [-0.2, -0.15) is 0 Å². The van der Waals surface area contributed by atoms with Gasteiger partial charge in [0.15, 0.2) is 0 Å². The number of rotatable bonds is 0. The molecule has 1 aromatic carbocycles. The van der Waals surface area contributed by atoms with Gasteiger partial charge in [-0.1, -0.05) is 19.6 Å². The molecule has 0 spiro atoms. The van der Waals surface area contributed by atoms with Gasteiger partial charge >= 0.3 is 0 Å². The normalized spacial score (nSPS) is 9.45. The number of nitrogens with one attached hydrogen (secondary N) is 1. The van der Waals surface area contributed by atoms with Crippen LogP contribution in [0.1, 0.15) is 7.43 Å². The Morgan fingerprint density at radius 2 is 1.91 bits per heavy atom. The van der Waals surface area contributed by atoms with E-state index in [4.69, 9.17) is 0 Å². The molecule has 0 aliphatic rings. The van der Waals surface area contributed by atoms with Crippen LogP contribution in [0.3, 0.4) is 0 Å². The third-order valence-electron chi connectivity index (χ3n) is 1.57. The third kappa shape index (κ3) is 1.07. The van der Waals surface area contributed by atoms with Crippen LogP contribution in [0.4, 0.5) is 0 Å². The fourth-order valence-corrected chi connectivity index (χ4v) is 1.06. The summed E-state index contributed by atoms with van der Waals surface area (Å²) < 4.78 is 0. The van der Waals surface area contributed by atoms with Crippen molar-refractivity contribution in [1.29, 1.82) is 0 Å². The highest BCUT2D eigenvalue weighted by Gasteiger charge is 1.97. The number of aromatic hydroxyl groups is 1. The average Bonchev–Trinajstić information content (AvgIpc) is 2.34. The van der Waals surface area contributed by atoms with E-state index in [0.29, 0.717) is 5.75 Å². The van der Waals surface area contributed by atoms with E-state index in [2.05, 4.69) is 4.98 Å². The van der Waals surface area contributed by atoms with Crippen molar-refractivity contribution < 1.29 is 5.11 Å². The quantitative estimate of drug-likeness (QED) is 0.593. The maximum atomic E-state index is 9.18. The van der Waals surface area contributed by atoms with Crippen LogP contribution in [-0.4, -0.2) is 10.1 Å². The molecule has 0 amide bonds. The fourth-order valence-electron chi connectivity index (χ4n) is 1.06. The van der Waals surface area contributed by atoms with Crippen LogP contribution in [0.15, 0.2) is 30.5 Å². The van der Waals surface area contributed by atoms with Gasteiger partial charge in [0.2, 0.25) is 0 Å². The Balaban J connectivity index is 0.000000605. The molecule has 0 saturated heterocycles. The molecule has 58 valence electrons. The van der Waals surface area contributed by atoms with Gasteiger partial charge in [-0.3, -0.25) is 0 Å². The van der Waals surface area contributed by atoms with Crippen molar-refractivity contribution in [2.24, 2.45) is 0 Å². The smallest absolute Gasteiger partial charge is 0.140 e. The molecular weight excluding hydrogens is 138 g/mol. The van der Waals surface area contributed by atoms with E-state index in [-0.39, 0.29) is 7.43 Å². The second-order valence-electron chi connectivity index (χ2n) is 2.22. The standard InChI is InChI=1S/C8H7NO.CH4/c10-8-5-9-7-4-2-1-3-6(7)8;/h1-5,9-10H;1H4. The molecule has 2 N–H and O–H groups in total. The molecule has 2 nitrogen and oxygen atoms in total. The molecule has 0 unspecified atom stereocenters. The van der Waals surface area contributed by atoms with Gasteiger partial charge in [-0.05, 0) is 12.1 Å². The first-order valence-corrected chi connectivity index (χ1v) is 3.13. The van der Waals surface area contributed by atoms with E-state index in [1.807, 2.05) is 24.3 Å². The fraction of sp³-hybridized carbons (Fsp3) is 0.111. The summed E-state index contributed by atoms with van der Waals surface area (Å²) in [5.41, 5.74) is 0.972. The number of aromatic nitrogens is 1. The first kappa shape index (κ1) is 7.66. The average molecular weight is 149 g/mol. The molecule has 0 atom stereocenters. The zero-order chi connectivity index (χ0) is 6.97. The molecule has 0 fully saturated rings. The van der Waals surface area contributed by atoms with Crippen LogP contribution in [-0.2, 0) is 0 Å². The number of benzene rings is 1. The van der Waals surface area contributed by atoms with Gasteiger partial charge in [0.1, 0.15) is 5.75 Å². The summed E-state index contributed by atoms with van der Waals surface area (Å²) >= 11 is 0. The highest BCUT2D eigenvalue weighted by Crippen LogP contribution is 2.22. The summed E-state index contributed by atoms with van der Waals surface area (Å²) in [5, 5.41) is 10.1. The molecule has 0 aliphatic carbocycles. The van der Waals surface area contributed by atoms with E-state index in [1.54, 1.807) is 6.20 Å². The van der Waals surface area contributed by atoms with Crippen LogP contribution >= 0.6 is 0 Å². The Labute approximate surface area is 65.5 Å². The Morgan fingerprint density at radius 3 is 2.64 bits per heavy atom. The maximum absolute atomic E-state index is 9.18. The van der Waals surface area contributed by atoms with E-state index >= 15 is 0 Å². The van der Waals surface area contributed by atoms with Crippen molar-refractivity contribution in [3.63, 3.8) is 0 Å². The summed E-state index contributed by atoms with van der Waals surface area (Å²) in [6, 6.07) is 7.63. The Kier molecular flexibility index (Phi) is 1.85. The summed E-state index contributed by atoms with van der Waals surface area (Å²) in [7, 11) is 0. The molecule has 1 aromatic heterocycles. The number of H-pyrrole nitrogens is 1. The summed E-state index contributed by atoms with van der Waals surface area (Å²) in [6.07, 6.45) is 1.59.